The van der Waals surface area contributed by atoms with E-state index in [0.717, 1.165) is 49.9 Å². The maximum Gasteiger partial charge on any atom is 0.146 e. The highest BCUT2D eigenvalue weighted by Gasteiger charge is 2.17. The van der Waals surface area contributed by atoms with Crippen LogP contribution in [0.2, 0.25) is 0 Å². The summed E-state index contributed by atoms with van der Waals surface area (Å²) in [5.41, 5.74) is 13.3. The third kappa shape index (κ3) is 4.45. The summed E-state index contributed by atoms with van der Waals surface area (Å²) in [6, 6.07) is 36.8. The van der Waals surface area contributed by atoms with Gasteiger partial charge in [0.1, 0.15) is 5.65 Å². The summed E-state index contributed by atoms with van der Waals surface area (Å²) in [5.74, 6) is 0. The average molecular weight is 617 g/mol. The zero-order valence-corrected chi connectivity index (χ0v) is 27.6. The summed E-state index contributed by atoms with van der Waals surface area (Å²) < 4.78 is 2.31. The molecule has 0 fully saturated rings. The predicted octanol–water partition coefficient (Wildman–Crippen LogP) is 12.6. The lowest BCUT2D eigenvalue weighted by Crippen LogP contribution is -1.95. The van der Waals surface area contributed by atoms with Gasteiger partial charge in [0.15, 0.2) is 0 Å². The molecule has 0 saturated carbocycles. The first-order chi connectivity index (χ1) is 23.4. The van der Waals surface area contributed by atoms with E-state index in [1.54, 1.807) is 0 Å². The molecule has 0 unspecified atom stereocenters. The van der Waals surface area contributed by atoms with Gasteiger partial charge in [-0.05, 0) is 123 Å². The van der Waals surface area contributed by atoms with Crippen molar-refractivity contribution in [1.82, 2.24) is 9.38 Å². The predicted molar refractivity (Wildman–Crippen MR) is 210 cm³/mol. The highest BCUT2D eigenvalue weighted by molar-refractivity contribution is 6.24. The number of rotatable bonds is 6. The Balaban J connectivity index is 1.32. The molecule has 0 radical (unpaired) electrons. The van der Waals surface area contributed by atoms with Crippen molar-refractivity contribution >= 4 is 77.6 Å². The van der Waals surface area contributed by atoms with Gasteiger partial charge < -0.3 is 0 Å². The highest BCUT2D eigenvalue weighted by atomic mass is 15.0. The maximum absolute atomic E-state index is 5.12. The molecule has 2 nitrogen and oxygen atoms in total. The molecule has 48 heavy (non-hydrogen) atoms. The molecule has 0 amide bonds. The Morgan fingerprint density at radius 3 is 2.15 bits per heavy atom. The van der Waals surface area contributed by atoms with E-state index in [0.29, 0.717) is 0 Å². The Morgan fingerprint density at radius 1 is 0.688 bits per heavy atom. The molecule has 2 heterocycles. The largest absolute Gasteiger partial charge is 0.292 e. The number of aromatic nitrogens is 2. The average Bonchev–Trinajstić information content (AvgIpc) is 3.52. The molecular formula is C46H36N2. The summed E-state index contributed by atoms with van der Waals surface area (Å²) in [5, 5.41) is 8.42. The third-order valence-corrected chi connectivity index (χ3v) is 10.1. The fourth-order valence-corrected chi connectivity index (χ4v) is 7.39. The van der Waals surface area contributed by atoms with Crippen LogP contribution in [-0.4, -0.2) is 9.38 Å². The van der Waals surface area contributed by atoms with Crippen LogP contribution in [0, 0.1) is 13.8 Å². The second-order valence-corrected chi connectivity index (χ2v) is 12.7. The van der Waals surface area contributed by atoms with Crippen molar-refractivity contribution in [3.8, 4) is 0 Å². The van der Waals surface area contributed by atoms with E-state index in [-0.39, 0.29) is 0 Å². The number of imidazole rings is 1. The normalized spacial score (nSPS) is 12.6. The van der Waals surface area contributed by atoms with Crippen LogP contribution in [-0.2, 0) is 0 Å². The molecule has 6 aromatic carbocycles. The van der Waals surface area contributed by atoms with Crippen molar-refractivity contribution in [3.05, 3.63) is 174 Å². The number of allylic oxidation sites excluding steroid dienone is 5. The van der Waals surface area contributed by atoms with Gasteiger partial charge in [-0.25, -0.2) is 4.98 Å². The Bertz CT molecular complexity index is 2750. The Kier molecular flexibility index (Phi) is 6.96. The van der Waals surface area contributed by atoms with Crippen LogP contribution >= 0.6 is 0 Å². The van der Waals surface area contributed by atoms with Gasteiger partial charge in [0.05, 0.1) is 16.6 Å². The molecule has 230 valence electrons. The quantitative estimate of drug-likeness (QED) is 0.134. The summed E-state index contributed by atoms with van der Waals surface area (Å²) in [6.07, 6.45) is 8.35. The highest BCUT2D eigenvalue weighted by Crippen LogP contribution is 2.38. The molecule has 0 saturated heterocycles. The van der Waals surface area contributed by atoms with Gasteiger partial charge in [0, 0.05) is 16.2 Å². The van der Waals surface area contributed by atoms with Crippen LogP contribution in [0.4, 0.5) is 0 Å². The Hall–Kier alpha value is -5.99. The van der Waals surface area contributed by atoms with Crippen LogP contribution < -0.4 is 0 Å². The summed E-state index contributed by atoms with van der Waals surface area (Å²) in [4.78, 5) is 5.12. The minimum Gasteiger partial charge on any atom is -0.292 e. The van der Waals surface area contributed by atoms with Crippen LogP contribution in [0.25, 0.3) is 77.6 Å². The fourth-order valence-electron chi connectivity index (χ4n) is 7.39. The van der Waals surface area contributed by atoms with E-state index >= 15 is 0 Å². The number of hydrogen-bond donors (Lipinski definition) is 0. The molecule has 0 aliphatic heterocycles. The van der Waals surface area contributed by atoms with Crippen LogP contribution in [0.5, 0.6) is 0 Å². The van der Waals surface area contributed by atoms with Crippen LogP contribution in [0.3, 0.4) is 0 Å². The Morgan fingerprint density at radius 2 is 1.38 bits per heavy atom. The minimum atomic E-state index is 0.949. The Labute approximate surface area is 281 Å². The molecule has 2 heteroatoms. The molecular weight excluding hydrogens is 581 g/mol. The van der Waals surface area contributed by atoms with E-state index in [9.17, 15) is 0 Å². The molecule has 0 spiro atoms. The zero-order valence-electron chi connectivity index (χ0n) is 27.6. The number of hydrogen-bond acceptors (Lipinski definition) is 1. The number of benzene rings is 6. The summed E-state index contributed by atoms with van der Waals surface area (Å²) in [6.45, 7) is 19.4. The maximum atomic E-state index is 5.12. The summed E-state index contributed by atoms with van der Waals surface area (Å²) >= 11 is 0. The van der Waals surface area contributed by atoms with Gasteiger partial charge in [0.2, 0.25) is 0 Å². The SMILES string of the molecule is C=C/C(=C\C(=C)/C(C)=C/c1c(C)c(C)c(C=C)c2ccccc12)c1ccc2c(c1)c1c3ccccc3ccc1c1nc3ccccc3n21. The first-order valence-electron chi connectivity index (χ1n) is 16.4. The monoisotopic (exact) mass is 616 g/mol. The number of para-hydroxylation sites is 2. The van der Waals surface area contributed by atoms with Gasteiger partial charge in [-0.1, -0.05) is 111 Å². The third-order valence-electron chi connectivity index (χ3n) is 10.1. The molecule has 8 rings (SSSR count). The van der Waals surface area contributed by atoms with Crippen LogP contribution in [0.15, 0.2) is 146 Å². The lowest BCUT2D eigenvalue weighted by molar-refractivity contribution is 1.31. The topological polar surface area (TPSA) is 17.3 Å². The standard InChI is InChI=1S/C46H36N2/c1-7-32(25-28(3)29(4)26-40-31(6)30(5)35(8-2)37-17-11-12-18-38(37)40)34-22-24-43-41(27-34)45-36-16-10-9-15-33(36)21-23-39(45)46-47-42-19-13-14-20-44(42)48(43)46/h7-27H,1-3H2,4-6H3/b29-26+,32-25+. The number of fused-ring (bicyclic) bond motifs is 11. The van der Waals surface area contributed by atoms with E-state index in [4.69, 9.17) is 4.98 Å². The van der Waals surface area contributed by atoms with Gasteiger partial charge >= 0.3 is 0 Å². The summed E-state index contributed by atoms with van der Waals surface area (Å²) in [7, 11) is 0. The van der Waals surface area contributed by atoms with Gasteiger partial charge in [0.25, 0.3) is 0 Å². The second-order valence-electron chi connectivity index (χ2n) is 12.7. The zero-order chi connectivity index (χ0) is 33.1. The number of nitrogens with zero attached hydrogens (tertiary/aromatic N) is 2. The lowest BCUT2D eigenvalue weighted by Gasteiger charge is -2.16. The van der Waals surface area contributed by atoms with Crippen molar-refractivity contribution in [2.75, 3.05) is 0 Å². The van der Waals surface area contributed by atoms with E-state index in [1.165, 1.54) is 54.6 Å². The van der Waals surface area contributed by atoms with Crippen molar-refractivity contribution in [1.29, 1.82) is 0 Å². The van der Waals surface area contributed by atoms with E-state index in [1.807, 2.05) is 12.2 Å². The molecule has 0 aliphatic rings. The van der Waals surface area contributed by atoms with Gasteiger partial charge in [-0.15, -0.1) is 0 Å². The van der Waals surface area contributed by atoms with Crippen LogP contribution in [0.1, 0.15) is 34.7 Å². The first kappa shape index (κ1) is 29.4. The van der Waals surface area contributed by atoms with Crippen molar-refractivity contribution in [2.45, 2.75) is 20.8 Å². The van der Waals surface area contributed by atoms with Crippen molar-refractivity contribution < 1.29 is 0 Å². The first-order valence-corrected chi connectivity index (χ1v) is 16.4. The second kappa shape index (κ2) is 11.4. The fraction of sp³-hybridized carbons (Fsp3) is 0.0652. The van der Waals surface area contributed by atoms with Crippen molar-refractivity contribution in [3.63, 3.8) is 0 Å². The molecule has 0 bridgehead atoms. The van der Waals surface area contributed by atoms with Crippen molar-refractivity contribution in [2.24, 2.45) is 0 Å². The molecule has 0 atom stereocenters. The van der Waals surface area contributed by atoms with Gasteiger partial charge in [-0.2, -0.15) is 0 Å². The smallest absolute Gasteiger partial charge is 0.146 e. The molecule has 0 aliphatic carbocycles. The number of pyridine rings is 1. The molecule has 0 N–H and O–H groups in total. The lowest BCUT2D eigenvalue weighted by atomic mass is 9.88. The van der Waals surface area contributed by atoms with Gasteiger partial charge in [-0.3, -0.25) is 4.40 Å². The molecule has 8 aromatic rings. The minimum absolute atomic E-state index is 0.949. The van der Waals surface area contributed by atoms with E-state index < -0.39 is 0 Å². The van der Waals surface area contributed by atoms with E-state index in [2.05, 4.69) is 160 Å². The molecule has 2 aromatic heterocycles.